The highest BCUT2D eigenvalue weighted by Gasteiger charge is 2.37. The highest BCUT2D eigenvalue weighted by Crippen LogP contribution is 2.28. The van der Waals surface area contributed by atoms with E-state index in [9.17, 15) is 0 Å². The Bertz CT molecular complexity index is 395. The van der Waals surface area contributed by atoms with Crippen LogP contribution in [-0.4, -0.2) is 85.7 Å². The van der Waals surface area contributed by atoms with Crippen molar-refractivity contribution >= 4 is 0 Å². The van der Waals surface area contributed by atoms with E-state index < -0.39 is 0 Å². The molecule has 4 aliphatic heterocycles. The van der Waals surface area contributed by atoms with Gasteiger partial charge in [-0.3, -0.25) is 9.80 Å². The molecule has 4 aliphatic rings. The monoisotopic (exact) mass is 334 g/mol. The second-order valence-corrected chi connectivity index (χ2v) is 9.01. The van der Waals surface area contributed by atoms with E-state index in [1.54, 1.807) is 0 Å². The van der Waals surface area contributed by atoms with Crippen molar-refractivity contribution in [3.05, 3.63) is 0 Å². The minimum Gasteiger partial charge on any atom is -0.315 e. The van der Waals surface area contributed by atoms with Gasteiger partial charge in [0.15, 0.2) is 0 Å². The molecule has 24 heavy (non-hydrogen) atoms. The van der Waals surface area contributed by atoms with E-state index in [1.807, 2.05) is 0 Å². The maximum atomic E-state index is 3.70. The van der Waals surface area contributed by atoms with Crippen molar-refractivity contribution in [2.45, 2.75) is 57.5 Å². The Morgan fingerprint density at radius 1 is 0.875 bits per heavy atom. The van der Waals surface area contributed by atoms with Crippen LogP contribution < -0.4 is 5.32 Å². The van der Waals surface area contributed by atoms with Crippen LogP contribution in [-0.2, 0) is 0 Å². The normalized spacial score (nSPS) is 40.4. The van der Waals surface area contributed by atoms with Crippen molar-refractivity contribution < 1.29 is 0 Å². The van der Waals surface area contributed by atoms with Gasteiger partial charge in [0.25, 0.3) is 0 Å². The van der Waals surface area contributed by atoms with Gasteiger partial charge in [0.05, 0.1) is 0 Å². The lowest BCUT2D eigenvalue weighted by Gasteiger charge is -2.42. The number of rotatable bonds is 4. The van der Waals surface area contributed by atoms with Crippen LogP contribution >= 0.6 is 0 Å². The van der Waals surface area contributed by atoms with Gasteiger partial charge in [0.2, 0.25) is 0 Å². The third-order valence-corrected chi connectivity index (χ3v) is 7.14. The molecular weight excluding hydrogens is 296 g/mol. The summed E-state index contributed by atoms with van der Waals surface area (Å²) in [4.78, 5) is 8.41. The molecule has 138 valence electrons. The fourth-order valence-electron chi connectivity index (χ4n) is 5.79. The molecule has 0 aromatic heterocycles. The molecule has 4 atom stereocenters. The largest absolute Gasteiger partial charge is 0.315 e. The van der Waals surface area contributed by atoms with Gasteiger partial charge in [0.1, 0.15) is 0 Å². The van der Waals surface area contributed by atoms with Crippen LogP contribution in [0.1, 0.15) is 45.4 Å². The van der Waals surface area contributed by atoms with Gasteiger partial charge < -0.3 is 10.2 Å². The quantitative estimate of drug-likeness (QED) is 0.847. The maximum absolute atomic E-state index is 3.70. The van der Waals surface area contributed by atoms with Gasteiger partial charge in [0, 0.05) is 44.8 Å². The van der Waals surface area contributed by atoms with Crippen molar-refractivity contribution in [2.24, 2.45) is 11.8 Å². The number of piperidine rings is 2. The van der Waals surface area contributed by atoms with Crippen LogP contribution in [0.2, 0.25) is 0 Å². The van der Waals surface area contributed by atoms with Crippen molar-refractivity contribution in [3.8, 4) is 0 Å². The molecular formula is C20H38N4. The maximum Gasteiger partial charge on any atom is 0.0262 e. The number of hydrogen-bond donors (Lipinski definition) is 1. The average Bonchev–Trinajstić information content (AvgIpc) is 3.27. The van der Waals surface area contributed by atoms with Crippen LogP contribution in [0, 0.1) is 11.8 Å². The summed E-state index contributed by atoms with van der Waals surface area (Å²) in [5.74, 6) is 1.79. The molecule has 0 radical (unpaired) electrons. The van der Waals surface area contributed by atoms with E-state index in [0.717, 1.165) is 23.9 Å². The Balaban J connectivity index is 1.33. The highest BCUT2D eigenvalue weighted by molar-refractivity contribution is 4.94. The number of likely N-dealkylation sites (tertiary alicyclic amines) is 3. The standard InChI is InChI=1S/C20H38N4/c1-17-5-4-9-22(14-17)15-18-6-8-21-13-20(18)24-12-7-19(16-24)23-10-2-3-11-23/h17-21H,2-16H2,1H3. The van der Waals surface area contributed by atoms with Gasteiger partial charge >= 0.3 is 0 Å². The van der Waals surface area contributed by atoms with Crippen LogP contribution in [0.25, 0.3) is 0 Å². The third kappa shape index (κ3) is 3.98. The topological polar surface area (TPSA) is 21.8 Å². The fourth-order valence-corrected chi connectivity index (χ4v) is 5.79. The Kier molecular flexibility index (Phi) is 5.77. The lowest BCUT2D eigenvalue weighted by Crippen LogP contribution is -2.54. The third-order valence-electron chi connectivity index (χ3n) is 7.14. The smallest absolute Gasteiger partial charge is 0.0262 e. The Morgan fingerprint density at radius 2 is 1.75 bits per heavy atom. The van der Waals surface area contributed by atoms with Gasteiger partial charge in [-0.25, -0.2) is 0 Å². The minimum absolute atomic E-state index is 0.781. The molecule has 1 N–H and O–H groups in total. The lowest BCUT2D eigenvalue weighted by molar-refractivity contribution is 0.0803. The molecule has 4 saturated heterocycles. The first-order chi connectivity index (χ1) is 11.8. The van der Waals surface area contributed by atoms with E-state index in [0.29, 0.717) is 0 Å². The van der Waals surface area contributed by atoms with Crippen LogP contribution in [0.4, 0.5) is 0 Å². The Morgan fingerprint density at radius 3 is 2.58 bits per heavy atom. The molecule has 4 unspecified atom stereocenters. The summed E-state index contributed by atoms with van der Waals surface area (Å²) < 4.78 is 0. The van der Waals surface area contributed by atoms with Crippen molar-refractivity contribution in [1.82, 2.24) is 20.0 Å². The zero-order valence-corrected chi connectivity index (χ0v) is 15.8. The lowest BCUT2D eigenvalue weighted by atomic mass is 9.89. The molecule has 0 aliphatic carbocycles. The summed E-state index contributed by atoms with van der Waals surface area (Å²) >= 11 is 0. The summed E-state index contributed by atoms with van der Waals surface area (Å²) in [5, 5.41) is 3.70. The summed E-state index contributed by atoms with van der Waals surface area (Å²) in [6.07, 6.45) is 8.49. The highest BCUT2D eigenvalue weighted by atomic mass is 15.3. The summed E-state index contributed by atoms with van der Waals surface area (Å²) in [5.41, 5.74) is 0. The first kappa shape index (κ1) is 17.3. The summed E-state index contributed by atoms with van der Waals surface area (Å²) in [6.45, 7) is 14.3. The molecule has 4 heteroatoms. The van der Waals surface area contributed by atoms with Crippen LogP contribution in [0.15, 0.2) is 0 Å². The van der Waals surface area contributed by atoms with Crippen molar-refractivity contribution in [3.63, 3.8) is 0 Å². The number of hydrogen-bond acceptors (Lipinski definition) is 4. The molecule has 4 fully saturated rings. The van der Waals surface area contributed by atoms with Gasteiger partial charge in [-0.15, -0.1) is 0 Å². The van der Waals surface area contributed by atoms with E-state index in [2.05, 4.69) is 26.9 Å². The van der Waals surface area contributed by atoms with Crippen molar-refractivity contribution in [1.29, 1.82) is 0 Å². The van der Waals surface area contributed by atoms with E-state index >= 15 is 0 Å². The van der Waals surface area contributed by atoms with E-state index in [-0.39, 0.29) is 0 Å². The predicted molar refractivity (Wildman–Crippen MR) is 100 cm³/mol. The van der Waals surface area contributed by atoms with E-state index in [1.165, 1.54) is 97.4 Å². The van der Waals surface area contributed by atoms with Crippen LogP contribution in [0.3, 0.4) is 0 Å². The first-order valence-electron chi connectivity index (χ1n) is 10.7. The summed E-state index contributed by atoms with van der Waals surface area (Å²) in [6, 6.07) is 1.63. The second kappa shape index (κ2) is 8.03. The fraction of sp³-hybridized carbons (Fsp3) is 1.00. The SMILES string of the molecule is CC1CCCN(CC2CCNCC2N2CCC(N3CCCC3)C2)C1. The van der Waals surface area contributed by atoms with Gasteiger partial charge in [-0.05, 0) is 76.5 Å². The zero-order chi connectivity index (χ0) is 16.4. The molecule has 4 nitrogen and oxygen atoms in total. The number of nitrogens with zero attached hydrogens (tertiary/aromatic N) is 3. The molecule has 0 aromatic rings. The van der Waals surface area contributed by atoms with Crippen molar-refractivity contribution in [2.75, 3.05) is 58.9 Å². The van der Waals surface area contributed by atoms with E-state index in [4.69, 9.17) is 0 Å². The molecule has 0 bridgehead atoms. The molecule has 4 rings (SSSR count). The zero-order valence-electron chi connectivity index (χ0n) is 15.8. The molecule has 0 saturated carbocycles. The van der Waals surface area contributed by atoms with Crippen LogP contribution in [0.5, 0.6) is 0 Å². The van der Waals surface area contributed by atoms with Gasteiger partial charge in [-0.1, -0.05) is 6.92 Å². The second-order valence-electron chi connectivity index (χ2n) is 9.01. The summed E-state index contributed by atoms with van der Waals surface area (Å²) in [7, 11) is 0. The average molecular weight is 335 g/mol. The molecule has 0 spiro atoms. The molecule has 0 aromatic carbocycles. The first-order valence-corrected chi connectivity index (χ1v) is 10.7. The Hall–Kier alpha value is -0.160. The predicted octanol–water partition coefficient (Wildman–Crippen LogP) is 1.87. The Labute approximate surface area is 148 Å². The molecule has 0 amide bonds. The number of nitrogens with one attached hydrogen (secondary N) is 1. The minimum atomic E-state index is 0.781. The molecule has 4 heterocycles. The van der Waals surface area contributed by atoms with Gasteiger partial charge in [-0.2, -0.15) is 0 Å².